The molecule has 58 valence electrons. The first-order valence-electron chi connectivity index (χ1n) is 3.07. The molecule has 1 aromatic heterocycles. The summed E-state index contributed by atoms with van der Waals surface area (Å²) in [4.78, 5) is 18.3. The predicted molar refractivity (Wildman–Crippen MR) is 40.1 cm³/mol. The van der Waals surface area contributed by atoms with Gasteiger partial charge in [0.1, 0.15) is 0 Å². The van der Waals surface area contributed by atoms with Crippen molar-refractivity contribution in [2.75, 3.05) is 12.4 Å². The van der Waals surface area contributed by atoms with E-state index in [1.807, 2.05) is 0 Å². The Kier molecular flexibility index (Phi) is 2.37. The van der Waals surface area contributed by atoms with Crippen LogP contribution in [0.15, 0.2) is 18.6 Å². The van der Waals surface area contributed by atoms with E-state index in [0.717, 1.165) is 0 Å². The predicted octanol–water partition coefficient (Wildman–Crippen LogP) is 0.228. The molecule has 0 unspecified atom stereocenters. The van der Waals surface area contributed by atoms with Crippen molar-refractivity contribution in [3.05, 3.63) is 18.6 Å². The van der Waals surface area contributed by atoms with Gasteiger partial charge in [-0.25, -0.2) is 9.78 Å². The lowest BCUT2D eigenvalue weighted by Crippen LogP contribution is -2.24. The molecule has 0 bridgehead atoms. The number of rotatable bonds is 1. The van der Waals surface area contributed by atoms with E-state index >= 15 is 0 Å². The Hall–Kier alpha value is -1.65. The van der Waals surface area contributed by atoms with Gasteiger partial charge in [-0.2, -0.15) is 0 Å². The third kappa shape index (κ3) is 2.21. The molecule has 2 N–H and O–H groups in total. The SMILES string of the molecule is CNC(=O)Nc1cnccn1. The Morgan fingerprint density at radius 1 is 1.55 bits per heavy atom. The van der Waals surface area contributed by atoms with Crippen molar-refractivity contribution in [1.82, 2.24) is 15.3 Å². The molecule has 0 saturated carbocycles. The lowest BCUT2D eigenvalue weighted by molar-refractivity contribution is 0.254. The normalized spacial score (nSPS) is 8.82. The molecule has 0 aliphatic heterocycles. The number of anilines is 1. The van der Waals surface area contributed by atoms with Crippen LogP contribution in [-0.2, 0) is 0 Å². The first-order valence-corrected chi connectivity index (χ1v) is 3.07. The van der Waals surface area contributed by atoms with Gasteiger partial charge in [0.2, 0.25) is 0 Å². The van der Waals surface area contributed by atoms with Crippen LogP contribution in [0.4, 0.5) is 10.6 Å². The van der Waals surface area contributed by atoms with E-state index in [9.17, 15) is 4.79 Å². The van der Waals surface area contributed by atoms with Crippen molar-refractivity contribution in [2.24, 2.45) is 0 Å². The molecule has 0 aliphatic rings. The summed E-state index contributed by atoms with van der Waals surface area (Å²) in [5.41, 5.74) is 0. The molecule has 1 rings (SSSR count). The van der Waals surface area contributed by atoms with E-state index < -0.39 is 0 Å². The number of aromatic nitrogens is 2. The van der Waals surface area contributed by atoms with Crippen LogP contribution < -0.4 is 10.6 Å². The van der Waals surface area contributed by atoms with Gasteiger partial charge in [-0.15, -0.1) is 0 Å². The van der Waals surface area contributed by atoms with E-state index in [4.69, 9.17) is 0 Å². The van der Waals surface area contributed by atoms with Crippen molar-refractivity contribution in [1.29, 1.82) is 0 Å². The molecule has 0 aliphatic carbocycles. The highest BCUT2D eigenvalue weighted by Gasteiger charge is 1.96. The first-order chi connectivity index (χ1) is 5.33. The molecule has 0 atom stereocenters. The van der Waals surface area contributed by atoms with E-state index in [1.54, 1.807) is 0 Å². The van der Waals surface area contributed by atoms with Gasteiger partial charge < -0.3 is 5.32 Å². The van der Waals surface area contributed by atoms with Crippen molar-refractivity contribution in [2.45, 2.75) is 0 Å². The molecule has 2 amide bonds. The lowest BCUT2D eigenvalue weighted by atomic mass is 10.6. The Morgan fingerprint density at radius 3 is 2.91 bits per heavy atom. The fourth-order valence-corrected chi connectivity index (χ4v) is 0.542. The van der Waals surface area contributed by atoms with Crippen LogP contribution in [0.25, 0.3) is 0 Å². The third-order valence-corrected chi connectivity index (χ3v) is 1.03. The van der Waals surface area contributed by atoms with Crippen LogP contribution in [0.3, 0.4) is 0 Å². The monoisotopic (exact) mass is 152 g/mol. The minimum atomic E-state index is -0.300. The largest absolute Gasteiger partial charge is 0.341 e. The van der Waals surface area contributed by atoms with Crippen molar-refractivity contribution in [3.63, 3.8) is 0 Å². The number of nitrogens with zero attached hydrogens (tertiary/aromatic N) is 2. The summed E-state index contributed by atoms with van der Waals surface area (Å²) in [5, 5.41) is 4.86. The lowest BCUT2D eigenvalue weighted by Gasteiger charge is -2.00. The fourth-order valence-electron chi connectivity index (χ4n) is 0.542. The van der Waals surface area contributed by atoms with Gasteiger partial charge in [-0.3, -0.25) is 10.3 Å². The minimum Gasteiger partial charge on any atom is -0.341 e. The van der Waals surface area contributed by atoms with E-state index in [1.165, 1.54) is 25.6 Å². The van der Waals surface area contributed by atoms with Crippen LogP contribution >= 0.6 is 0 Å². The van der Waals surface area contributed by atoms with Crippen molar-refractivity contribution in [3.8, 4) is 0 Å². The molecule has 1 heterocycles. The van der Waals surface area contributed by atoms with Gasteiger partial charge in [0.15, 0.2) is 5.82 Å². The first kappa shape index (κ1) is 7.46. The topological polar surface area (TPSA) is 66.9 Å². The zero-order valence-electron chi connectivity index (χ0n) is 6.03. The highest BCUT2D eigenvalue weighted by atomic mass is 16.2. The zero-order chi connectivity index (χ0) is 8.10. The maximum atomic E-state index is 10.7. The molecule has 0 spiro atoms. The fraction of sp³-hybridized carbons (Fsp3) is 0.167. The van der Waals surface area contributed by atoms with Crippen molar-refractivity contribution < 1.29 is 4.79 Å². The van der Waals surface area contributed by atoms with E-state index in [-0.39, 0.29) is 6.03 Å². The Bertz CT molecular complexity index is 236. The Morgan fingerprint density at radius 2 is 2.36 bits per heavy atom. The summed E-state index contributed by atoms with van der Waals surface area (Å²) in [6.45, 7) is 0. The molecular formula is C6H8N4O. The molecule has 5 nitrogen and oxygen atoms in total. The zero-order valence-corrected chi connectivity index (χ0v) is 6.03. The highest BCUT2D eigenvalue weighted by molar-refractivity contribution is 5.87. The van der Waals surface area contributed by atoms with Crippen LogP contribution in [-0.4, -0.2) is 23.0 Å². The number of nitrogens with one attached hydrogen (secondary N) is 2. The van der Waals surface area contributed by atoms with E-state index in [0.29, 0.717) is 5.82 Å². The third-order valence-electron chi connectivity index (χ3n) is 1.03. The Balaban J connectivity index is 2.58. The second-order valence-corrected chi connectivity index (χ2v) is 1.79. The Labute approximate surface area is 63.9 Å². The molecular weight excluding hydrogens is 144 g/mol. The summed E-state index contributed by atoms with van der Waals surface area (Å²) < 4.78 is 0. The number of amides is 2. The highest BCUT2D eigenvalue weighted by Crippen LogP contribution is 1.95. The maximum Gasteiger partial charge on any atom is 0.320 e. The average molecular weight is 152 g/mol. The maximum absolute atomic E-state index is 10.7. The van der Waals surface area contributed by atoms with Crippen LogP contribution in [0.1, 0.15) is 0 Å². The number of urea groups is 1. The minimum absolute atomic E-state index is 0.300. The molecule has 0 aromatic carbocycles. The molecule has 1 aromatic rings. The van der Waals surface area contributed by atoms with Gasteiger partial charge in [-0.05, 0) is 0 Å². The molecule has 0 saturated heterocycles. The molecule has 11 heavy (non-hydrogen) atoms. The van der Waals surface area contributed by atoms with Gasteiger partial charge >= 0.3 is 6.03 Å². The summed E-state index contributed by atoms with van der Waals surface area (Å²) >= 11 is 0. The van der Waals surface area contributed by atoms with Gasteiger partial charge in [0, 0.05) is 19.4 Å². The standard InChI is InChI=1S/C6H8N4O/c1-7-6(11)10-5-4-8-2-3-9-5/h2-4H,1H3,(H2,7,9,10,11). The van der Waals surface area contributed by atoms with Gasteiger partial charge in [0.25, 0.3) is 0 Å². The number of carbonyl (C=O) groups excluding carboxylic acids is 1. The van der Waals surface area contributed by atoms with E-state index in [2.05, 4.69) is 20.6 Å². The summed E-state index contributed by atoms with van der Waals surface area (Å²) in [6.07, 6.45) is 4.51. The van der Waals surface area contributed by atoms with Gasteiger partial charge in [-0.1, -0.05) is 0 Å². The number of hydrogen-bond acceptors (Lipinski definition) is 3. The van der Waals surface area contributed by atoms with Crippen LogP contribution in [0, 0.1) is 0 Å². The second-order valence-electron chi connectivity index (χ2n) is 1.79. The molecule has 5 heteroatoms. The average Bonchev–Trinajstić information content (AvgIpc) is 2.06. The summed E-state index contributed by atoms with van der Waals surface area (Å²) in [7, 11) is 1.53. The summed E-state index contributed by atoms with van der Waals surface area (Å²) in [5.74, 6) is 0.437. The van der Waals surface area contributed by atoms with Crippen LogP contribution in [0.5, 0.6) is 0 Å². The van der Waals surface area contributed by atoms with Gasteiger partial charge in [0.05, 0.1) is 6.20 Å². The number of carbonyl (C=O) groups is 1. The smallest absolute Gasteiger partial charge is 0.320 e. The van der Waals surface area contributed by atoms with Crippen LogP contribution in [0.2, 0.25) is 0 Å². The summed E-state index contributed by atoms with van der Waals surface area (Å²) in [6, 6.07) is -0.300. The number of hydrogen-bond donors (Lipinski definition) is 2. The molecule has 0 radical (unpaired) electrons. The van der Waals surface area contributed by atoms with Crippen molar-refractivity contribution >= 4 is 11.8 Å². The molecule has 0 fully saturated rings. The quantitative estimate of drug-likeness (QED) is 0.605. The second kappa shape index (κ2) is 3.50.